The molecule has 268 valence electrons. The zero-order chi connectivity index (χ0) is 37.9. The van der Waals surface area contributed by atoms with E-state index in [4.69, 9.17) is 19.7 Å². The van der Waals surface area contributed by atoms with Crippen molar-refractivity contribution in [3.8, 4) is 62.2 Å². The van der Waals surface area contributed by atoms with Crippen LogP contribution in [0, 0.1) is 0 Å². The molecule has 0 N–H and O–H groups in total. The Morgan fingerprint density at radius 3 is 1.60 bits per heavy atom. The number of benzene rings is 9. The van der Waals surface area contributed by atoms with E-state index >= 15 is 0 Å². The van der Waals surface area contributed by atoms with Gasteiger partial charge in [0, 0.05) is 31.3 Å². The fraction of sp³-hybridized carbons (Fsp3) is 0.0192. The minimum atomic E-state index is 0.561. The summed E-state index contributed by atoms with van der Waals surface area (Å²) in [7, 11) is 1.68. The summed E-state index contributed by atoms with van der Waals surface area (Å²) in [5.41, 5.74) is 7.26. The third-order valence-electron chi connectivity index (χ3n) is 11.0. The summed E-state index contributed by atoms with van der Waals surface area (Å²) in [5.74, 6) is 2.48. The lowest BCUT2D eigenvalue weighted by Crippen LogP contribution is -2.02. The lowest BCUT2D eigenvalue weighted by atomic mass is 9.91. The molecule has 11 aromatic rings. The lowest BCUT2D eigenvalue weighted by molar-refractivity contribution is 0.416. The van der Waals surface area contributed by atoms with Crippen molar-refractivity contribution in [1.82, 2.24) is 15.0 Å². The van der Waals surface area contributed by atoms with Gasteiger partial charge in [0.2, 0.25) is 0 Å². The highest BCUT2D eigenvalue weighted by atomic mass is 32.1. The number of ether oxygens (including phenoxy) is 1. The zero-order valence-corrected chi connectivity index (χ0v) is 31.8. The van der Waals surface area contributed by atoms with Crippen LogP contribution in [0.15, 0.2) is 182 Å². The molecule has 9 aromatic carbocycles. The third kappa shape index (κ3) is 5.55. The van der Waals surface area contributed by atoms with Crippen LogP contribution < -0.4 is 4.74 Å². The number of methoxy groups -OCH3 is 1. The molecule has 0 aliphatic heterocycles. The van der Waals surface area contributed by atoms with E-state index in [1.165, 1.54) is 63.6 Å². The fourth-order valence-corrected chi connectivity index (χ4v) is 9.51. The summed E-state index contributed by atoms with van der Waals surface area (Å²) in [6.07, 6.45) is 0. The summed E-state index contributed by atoms with van der Waals surface area (Å²) in [4.78, 5) is 15.3. The molecular weight excluding hydrogens is 715 g/mol. The van der Waals surface area contributed by atoms with E-state index in [1.807, 2.05) is 65.9 Å². The van der Waals surface area contributed by atoms with Gasteiger partial charge in [-0.3, -0.25) is 0 Å². The highest BCUT2D eigenvalue weighted by molar-refractivity contribution is 7.26. The molecule has 5 heteroatoms. The molecule has 0 atom stereocenters. The van der Waals surface area contributed by atoms with E-state index < -0.39 is 0 Å². The molecule has 0 unspecified atom stereocenters. The van der Waals surface area contributed by atoms with Gasteiger partial charge in [-0.2, -0.15) is 0 Å². The maximum Gasteiger partial charge on any atom is 0.167 e. The van der Waals surface area contributed by atoms with Crippen molar-refractivity contribution in [2.75, 3.05) is 7.11 Å². The molecule has 11 rings (SSSR count). The first-order valence-electron chi connectivity index (χ1n) is 19.1. The Hall–Kier alpha value is -7.21. The van der Waals surface area contributed by atoms with Gasteiger partial charge in [-0.25, -0.2) is 15.0 Å². The average Bonchev–Trinajstić information content (AvgIpc) is 3.67. The summed E-state index contributed by atoms with van der Waals surface area (Å²) in [6, 6.07) is 64.4. The summed E-state index contributed by atoms with van der Waals surface area (Å²) in [5, 5.41) is 10.1. The van der Waals surface area contributed by atoms with Crippen molar-refractivity contribution in [2.45, 2.75) is 0 Å². The molecule has 4 nitrogen and oxygen atoms in total. The first-order chi connectivity index (χ1) is 28.2. The molecule has 0 spiro atoms. The van der Waals surface area contributed by atoms with E-state index in [2.05, 4.69) is 127 Å². The zero-order valence-electron chi connectivity index (χ0n) is 31.0. The second-order valence-electron chi connectivity index (χ2n) is 14.3. The fourth-order valence-electron chi connectivity index (χ4n) is 8.39. The monoisotopic (exact) mass is 747 g/mol. The van der Waals surface area contributed by atoms with Gasteiger partial charge < -0.3 is 4.74 Å². The SMILES string of the molecule is COc1ccccc1-c1nc(-c2ccccc2)nc(-c2ccccc2-c2cccc3sc4ccc(-c5ccc6c7ccccc7c7ccccc7c6c5)cc4c23)n1. The summed E-state index contributed by atoms with van der Waals surface area (Å²) in [6.45, 7) is 0. The maximum absolute atomic E-state index is 5.76. The Labute approximate surface area is 333 Å². The quantitative estimate of drug-likeness (QED) is 0.159. The van der Waals surface area contributed by atoms with Crippen molar-refractivity contribution in [3.63, 3.8) is 0 Å². The maximum atomic E-state index is 5.76. The lowest BCUT2D eigenvalue weighted by Gasteiger charge is -2.14. The number of aromatic nitrogens is 3. The number of fused-ring (bicyclic) bond motifs is 9. The summed E-state index contributed by atoms with van der Waals surface area (Å²) >= 11 is 1.83. The minimum Gasteiger partial charge on any atom is -0.496 e. The normalized spacial score (nSPS) is 11.6. The molecule has 0 saturated carbocycles. The first kappa shape index (κ1) is 33.2. The van der Waals surface area contributed by atoms with Crippen LogP contribution in [0.2, 0.25) is 0 Å². The van der Waals surface area contributed by atoms with E-state index in [9.17, 15) is 0 Å². The van der Waals surface area contributed by atoms with Gasteiger partial charge >= 0.3 is 0 Å². The average molecular weight is 748 g/mol. The minimum absolute atomic E-state index is 0.561. The van der Waals surface area contributed by atoms with Gasteiger partial charge in [0.15, 0.2) is 17.5 Å². The number of hydrogen-bond donors (Lipinski definition) is 0. The third-order valence-corrected chi connectivity index (χ3v) is 12.2. The second kappa shape index (κ2) is 13.5. The molecule has 0 aliphatic carbocycles. The number of para-hydroxylation sites is 1. The topological polar surface area (TPSA) is 47.9 Å². The first-order valence-corrected chi connectivity index (χ1v) is 19.9. The summed E-state index contributed by atoms with van der Waals surface area (Å²) < 4.78 is 8.25. The number of rotatable bonds is 6. The van der Waals surface area contributed by atoms with Crippen LogP contribution in [0.4, 0.5) is 0 Å². The standard InChI is InChI=1S/C52H33N3OS/c1-56-46-24-12-11-22-43(46)52-54-50(32-14-3-2-4-15-32)53-51(55-52)42-21-10-9-20-39(42)41-23-13-25-48-49(41)45-31-34(27-29-47(45)57-48)33-26-28-40-37-18-6-5-16-35(37)36-17-7-8-19-38(36)44(40)30-33/h2-31H,1H3. The smallest absolute Gasteiger partial charge is 0.167 e. The van der Waals surface area contributed by atoms with Gasteiger partial charge in [0.05, 0.1) is 12.7 Å². The molecule has 0 fully saturated rings. The molecule has 0 aliphatic rings. The molecule has 2 heterocycles. The predicted molar refractivity (Wildman–Crippen MR) is 239 cm³/mol. The van der Waals surface area contributed by atoms with Crippen LogP contribution >= 0.6 is 11.3 Å². The molecule has 0 amide bonds. The van der Waals surface area contributed by atoms with Gasteiger partial charge in [0.25, 0.3) is 0 Å². The largest absolute Gasteiger partial charge is 0.496 e. The number of nitrogens with zero attached hydrogens (tertiary/aromatic N) is 3. The Balaban J connectivity index is 1.10. The molecule has 57 heavy (non-hydrogen) atoms. The van der Waals surface area contributed by atoms with Crippen molar-refractivity contribution >= 4 is 63.8 Å². The molecule has 0 radical (unpaired) electrons. The van der Waals surface area contributed by atoms with Gasteiger partial charge in [-0.15, -0.1) is 11.3 Å². The Morgan fingerprint density at radius 1 is 0.351 bits per heavy atom. The van der Waals surface area contributed by atoms with E-state index in [1.54, 1.807) is 7.11 Å². The van der Waals surface area contributed by atoms with Crippen molar-refractivity contribution in [2.24, 2.45) is 0 Å². The highest BCUT2D eigenvalue weighted by Crippen LogP contribution is 2.45. The van der Waals surface area contributed by atoms with E-state index in [-0.39, 0.29) is 0 Å². The van der Waals surface area contributed by atoms with Gasteiger partial charge in [-0.05, 0) is 91.0 Å². The second-order valence-corrected chi connectivity index (χ2v) is 15.3. The van der Waals surface area contributed by atoms with Gasteiger partial charge in [-0.1, -0.05) is 146 Å². The molecule has 0 bridgehead atoms. The van der Waals surface area contributed by atoms with Gasteiger partial charge in [0.1, 0.15) is 5.75 Å². The van der Waals surface area contributed by atoms with Crippen LogP contribution in [-0.2, 0) is 0 Å². The van der Waals surface area contributed by atoms with Crippen LogP contribution in [-0.4, -0.2) is 22.1 Å². The van der Waals surface area contributed by atoms with Crippen molar-refractivity contribution in [3.05, 3.63) is 182 Å². The van der Waals surface area contributed by atoms with Crippen LogP contribution in [0.3, 0.4) is 0 Å². The Bertz CT molecular complexity index is 3320. The number of thiophene rings is 1. The van der Waals surface area contributed by atoms with Crippen molar-refractivity contribution < 1.29 is 4.74 Å². The van der Waals surface area contributed by atoms with Crippen LogP contribution in [0.5, 0.6) is 5.75 Å². The Morgan fingerprint density at radius 2 is 0.877 bits per heavy atom. The Kier molecular flexibility index (Phi) is 7.86. The van der Waals surface area contributed by atoms with Crippen molar-refractivity contribution in [1.29, 1.82) is 0 Å². The van der Waals surface area contributed by atoms with E-state index in [0.29, 0.717) is 23.2 Å². The highest BCUT2D eigenvalue weighted by Gasteiger charge is 2.20. The number of hydrogen-bond acceptors (Lipinski definition) is 5. The predicted octanol–water partition coefficient (Wildman–Crippen LogP) is 14.0. The van der Waals surface area contributed by atoms with E-state index in [0.717, 1.165) is 27.8 Å². The van der Waals surface area contributed by atoms with Crippen LogP contribution in [0.1, 0.15) is 0 Å². The molecular formula is C52H33N3OS. The molecule has 2 aromatic heterocycles. The van der Waals surface area contributed by atoms with Crippen LogP contribution in [0.25, 0.3) is 109 Å². The molecule has 0 saturated heterocycles.